The molecule has 1 heterocycles. The van der Waals surface area contributed by atoms with Crippen LogP contribution < -0.4 is 10.1 Å². The molecule has 2 aromatic rings. The Morgan fingerprint density at radius 3 is 2.59 bits per heavy atom. The fourth-order valence-electron chi connectivity index (χ4n) is 4.38. The summed E-state index contributed by atoms with van der Waals surface area (Å²) in [4.78, 5) is 26.9. The number of aryl methyl sites for hydroxylation is 1. The lowest BCUT2D eigenvalue weighted by Gasteiger charge is -2.33. The van der Waals surface area contributed by atoms with E-state index in [0.29, 0.717) is 28.8 Å². The summed E-state index contributed by atoms with van der Waals surface area (Å²) in [6.07, 6.45) is 2.76. The topological polar surface area (TPSA) is 64.6 Å². The van der Waals surface area contributed by atoms with Gasteiger partial charge in [0, 0.05) is 9.35 Å². The monoisotopic (exact) mass is 549 g/mol. The number of hydrogen-bond donors (Lipinski definition) is 1. The fourth-order valence-corrected chi connectivity index (χ4v) is 6.08. The quantitative estimate of drug-likeness (QED) is 0.368. The van der Waals surface area contributed by atoms with Crippen LogP contribution in [0, 0.1) is 18.3 Å². The Bertz CT molecular complexity index is 1070. The van der Waals surface area contributed by atoms with Crippen LogP contribution in [0.15, 0.2) is 16.6 Å². The number of halogens is 1. The highest BCUT2D eigenvalue weighted by Crippen LogP contribution is 2.44. The van der Waals surface area contributed by atoms with Crippen molar-refractivity contribution in [2.75, 3.05) is 18.5 Å². The number of hydrogen-bond acceptors (Lipinski definition) is 5. The number of anilines is 1. The Morgan fingerprint density at radius 2 is 1.97 bits per heavy atom. The minimum atomic E-state index is -0.365. The van der Waals surface area contributed by atoms with Crippen molar-refractivity contribution in [3.8, 4) is 5.75 Å². The van der Waals surface area contributed by atoms with Crippen molar-refractivity contribution in [3.05, 3.63) is 43.7 Å². The van der Waals surface area contributed by atoms with Crippen molar-refractivity contribution in [1.29, 1.82) is 0 Å². The molecule has 1 aliphatic carbocycles. The molecule has 7 heteroatoms. The van der Waals surface area contributed by atoms with Gasteiger partial charge in [0.25, 0.3) is 5.91 Å². The lowest BCUT2D eigenvalue weighted by atomic mass is 9.72. The average molecular weight is 551 g/mol. The van der Waals surface area contributed by atoms with Gasteiger partial charge in [-0.3, -0.25) is 4.79 Å². The minimum absolute atomic E-state index is 0.129. The molecule has 0 saturated carbocycles. The molecule has 5 nitrogen and oxygen atoms in total. The van der Waals surface area contributed by atoms with Gasteiger partial charge in [-0.2, -0.15) is 0 Å². The molecule has 1 atom stereocenters. The largest absolute Gasteiger partial charge is 0.483 e. The van der Waals surface area contributed by atoms with Crippen molar-refractivity contribution >= 4 is 44.1 Å². The summed E-state index contributed by atoms with van der Waals surface area (Å²) in [5.74, 6) is 0.846. The number of nitrogens with one attached hydrogen (secondary N) is 1. The van der Waals surface area contributed by atoms with Gasteiger partial charge >= 0.3 is 5.97 Å². The van der Waals surface area contributed by atoms with Gasteiger partial charge < -0.3 is 14.8 Å². The lowest BCUT2D eigenvalue weighted by Crippen LogP contribution is -2.26. The summed E-state index contributed by atoms with van der Waals surface area (Å²) >= 11 is 5.08. The number of fused-ring (bicyclic) bond motifs is 1. The van der Waals surface area contributed by atoms with E-state index in [2.05, 4.69) is 55.9 Å². The lowest BCUT2D eigenvalue weighted by molar-refractivity contribution is -0.118. The van der Waals surface area contributed by atoms with Crippen LogP contribution in [0.25, 0.3) is 0 Å². The highest BCUT2D eigenvalue weighted by Gasteiger charge is 2.34. The van der Waals surface area contributed by atoms with Gasteiger partial charge in [0.05, 0.1) is 12.2 Å². The second kappa shape index (κ2) is 10.8. The van der Waals surface area contributed by atoms with Crippen molar-refractivity contribution in [1.82, 2.24) is 0 Å². The molecule has 3 rings (SSSR count). The summed E-state index contributed by atoms with van der Waals surface area (Å²) in [6.45, 7) is 14.9. The first kappa shape index (κ1) is 26.7. The molecule has 0 fully saturated rings. The third-order valence-corrected chi connectivity index (χ3v) is 8.52. The highest BCUT2D eigenvalue weighted by atomic mass is 79.9. The number of rotatable bonds is 7. The van der Waals surface area contributed by atoms with E-state index in [0.717, 1.165) is 40.4 Å². The van der Waals surface area contributed by atoms with Crippen LogP contribution in [-0.2, 0) is 22.4 Å². The molecular formula is C27H36BrNO4S. The van der Waals surface area contributed by atoms with E-state index in [9.17, 15) is 9.59 Å². The summed E-state index contributed by atoms with van der Waals surface area (Å²) < 4.78 is 12.3. The molecular weight excluding hydrogens is 514 g/mol. The molecule has 0 aliphatic heterocycles. The standard InChI is InChI=1S/C27H36BrNO4S/c1-8-32-26(31)24-18-10-9-17(27(5,6)7)12-22(18)34-25(24)29-23(30)14-33-21-11-16(4)20(28)13-19(21)15(2)3/h11,13,15,17H,8-10,12,14H2,1-7H3,(H,29,30). The van der Waals surface area contributed by atoms with Gasteiger partial charge in [-0.1, -0.05) is 50.5 Å². The predicted molar refractivity (Wildman–Crippen MR) is 142 cm³/mol. The Hall–Kier alpha value is -1.86. The molecule has 1 aliphatic rings. The highest BCUT2D eigenvalue weighted by molar-refractivity contribution is 9.10. The van der Waals surface area contributed by atoms with E-state index in [-0.39, 0.29) is 29.8 Å². The van der Waals surface area contributed by atoms with Crippen LogP contribution in [0.2, 0.25) is 0 Å². The Morgan fingerprint density at radius 1 is 1.26 bits per heavy atom. The fraction of sp³-hybridized carbons (Fsp3) is 0.556. The van der Waals surface area contributed by atoms with Gasteiger partial charge in [0.15, 0.2) is 6.61 Å². The molecule has 0 bridgehead atoms. The number of benzene rings is 1. The van der Waals surface area contributed by atoms with Crippen LogP contribution in [0.4, 0.5) is 5.00 Å². The summed E-state index contributed by atoms with van der Waals surface area (Å²) in [5.41, 5.74) is 3.83. The third-order valence-electron chi connectivity index (χ3n) is 6.49. The van der Waals surface area contributed by atoms with Crippen LogP contribution in [0.1, 0.15) is 85.8 Å². The van der Waals surface area contributed by atoms with Gasteiger partial charge in [-0.05, 0) is 79.2 Å². The molecule has 1 amide bonds. The van der Waals surface area contributed by atoms with Crippen LogP contribution in [0.3, 0.4) is 0 Å². The van der Waals surface area contributed by atoms with E-state index < -0.39 is 0 Å². The summed E-state index contributed by atoms with van der Waals surface area (Å²) in [6, 6.07) is 4.00. The minimum Gasteiger partial charge on any atom is -0.483 e. The normalized spacial score (nSPS) is 15.7. The second-order valence-corrected chi connectivity index (χ2v) is 12.3. The Balaban J connectivity index is 1.81. The first-order valence-corrected chi connectivity index (χ1v) is 13.6. The third kappa shape index (κ3) is 6.03. The van der Waals surface area contributed by atoms with Crippen molar-refractivity contribution in [2.24, 2.45) is 11.3 Å². The summed E-state index contributed by atoms with van der Waals surface area (Å²) in [5, 5.41) is 3.52. The van der Waals surface area contributed by atoms with Crippen LogP contribution in [0.5, 0.6) is 5.75 Å². The molecule has 34 heavy (non-hydrogen) atoms. The Labute approximate surface area is 215 Å². The molecule has 1 N–H and O–H groups in total. The number of thiophene rings is 1. The molecule has 1 aromatic carbocycles. The number of carbonyl (C=O) groups is 2. The smallest absolute Gasteiger partial charge is 0.341 e. The van der Waals surface area contributed by atoms with E-state index in [1.54, 1.807) is 6.92 Å². The second-order valence-electron chi connectivity index (χ2n) is 10.4. The molecule has 0 saturated heterocycles. The maximum atomic E-state index is 12.9. The number of carbonyl (C=O) groups excluding carboxylic acids is 2. The van der Waals surface area contributed by atoms with E-state index >= 15 is 0 Å². The molecule has 1 unspecified atom stereocenters. The number of amides is 1. The number of esters is 1. The zero-order chi connectivity index (χ0) is 25.2. The summed E-state index contributed by atoms with van der Waals surface area (Å²) in [7, 11) is 0. The zero-order valence-electron chi connectivity index (χ0n) is 21.3. The van der Waals surface area contributed by atoms with Gasteiger partial charge in [0.1, 0.15) is 10.8 Å². The zero-order valence-corrected chi connectivity index (χ0v) is 23.7. The van der Waals surface area contributed by atoms with Crippen molar-refractivity contribution < 1.29 is 19.1 Å². The molecule has 0 spiro atoms. The first-order chi connectivity index (χ1) is 15.9. The first-order valence-electron chi connectivity index (χ1n) is 12.0. The van der Waals surface area contributed by atoms with Gasteiger partial charge in [0.2, 0.25) is 0 Å². The van der Waals surface area contributed by atoms with Gasteiger partial charge in [-0.15, -0.1) is 11.3 Å². The van der Waals surface area contributed by atoms with Crippen LogP contribution >= 0.6 is 27.3 Å². The van der Waals surface area contributed by atoms with E-state index in [1.807, 2.05) is 19.1 Å². The molecule has 186 valence electrons. The van der Waals surface area contributed by atoms with Gasteiger partial charge in [-0.25, -0.2) is 4.79 Å². The average Bonchev–Trinajstić information content (AvgIpc) is 3.10. The predicted octanol–water partition coefficient (Wildman–Crippen LogP) is 7.29. The van der Waals surface area contributed by atoms with Crippen molar-refractivity contribution in [3.63, 3.8) is 0 Å². The Kier molecular flexibility index (Phi) is 8.51. The van der Waals surface area contributed by atoms with Crippen molar-refractivity contribution in [2.45, 2.75) is 73.6 Å². The van der Waals surface area contributed by atoms with E-state index in [1.165, 1.54) is 16.2 Å². The number of ether oxygens (including phenoxy) is 2. The molecule has 0 radical (unpaired) electrons. The van der Waals surface area contributed by atoms with E-state index in [4.69, 9.17) is 9.47 Å². The maximum Gasteiger partial charge on any atom is 0.341 e. The maximum absolute atomic E-state index is 12.9. The van der Waals surface area contributed by atoms with Crippen LogP contribution in [-0.4, -0.2) is 25.1 Å². The SMILES string of the molecule is CCOC(=O)c1c(NC(=O)COc2cc(C)c(Br)cc2C(C)C)sc2c1CCC(C(C)(C)C)C2. The molecule has 1 aromatic heterocycles.